The van der Waals surface area contributed by atoms with Crippen molar-refractivity contribution in [1.82, 2.24) is 10.6 Å². The molecular formula is C22H26N2O5. The molecule has 0 atom stereocenters. The van der Waals surface area contributed by atoms with Gasteiger partial charge in [-0.3, -0.25) is 14.4 Å². The average molecular weight is 398 g/mol. The van der Waals surface area contributed by atoms with Gasteiger partial charge in [-0.1, -0.05) is 29.8 Å². The summed E-state index contributed by atoms with van der Waals surface area (Å²) in [4.78, 5) is 36.2. The van der Waals surface area contributed by atoms with Crippen LogP contribution in [0.1, 0.15) is 39.1 Å². The molecule has 2 aromatic carbocycles. The third-order valence-electron chi connectivity index (χ3n) is 4.33. The highest BCUT2D eigenvalue weighted by atomic mass is 16.5. The van der Waals surface area contributed by atoms with E-state index in [2.05, 4.69) is 10.6 Å². The predicted octanol–water partition coefficient (Wildman–Crippen LogP) is 2.52. The summed E-state index contributed by atoms with van der Waals surface area (Å²) in [5.41, 5.74) is 2.11. The number of rotatable bonds is 10. The van der Waals surface area contributed by atoms with Crippen molar-refractivity contribution in [3.63, 3.8) is 0 Å². The van der Waals surface area contributed by atoms with Gasteiger partial charge < -0.3 is 20.1 Å². The largest absolute Gasteiger partial charge is 0.493 e. The van der Waals surface area contributed by atoms with Crippen LogP contribution in [0.25, 0.3) is 0 Å². The predicted molar refractivity (Wildman–Crippen MR) is 110 cm³/mol. The lowest BCUT2D eigenvalue weighted by Gasteiger charge is -2.10. The van der Waals surface area contributed by atoms with Crippen LogP contribution in [0.5, 0.6) is 11.5 Å². The van der Waals surface area contributed by atoms with Gasteiger partial charge in [0.25, 0.3) is 5.91 Å². The molecule has 2 rings (SSSR count). The third-order valence-corrected chi connectivity index (χ3v) is 4.33. The Hall–Kier alpha value is -3.35. The number of benzene rings is 2. The molecule has 0 bridgehead atoms. The summed E-state index contributed by atoms with van der Waals surface area (Å²) in [5, 5.41) is 5.42. The zero-order valence-corrected chi connectivity index (χ0v) is 16.9. The monoisotopic (exact) mass is 398 g/mol. The van der Waals surface area contributed by atoms with E-state index in [1.807, 2.05) is 19.1 Å². The third kappa shape index (κ3) is 6.64. The molecule has 0 saturated heterocycles. The Kier molecular flexibility index (Phi) is 8.21. The normalized spacial score (nSPS) is 10.2. The number of carbonyl (C=O) groups is 3. The van der Waals surface area contributed by atoms with Gasteiger partial charge in [-0.05, 0) is 25.1 Å². The van der Waals surface area contributed by atoms with E-state index in [4.69, 9.17) is 9.47 Å². The van der Waals surface area contributed by atoms with Crippen LogP contribution >= 0.6 is 0 Å². The zero-order valence-electron chi connectivity index (χ0n) is 16.9. The highest BCUT2D eigenvalue weighted by Crippen LogP contribution is 2.27. The van der Waals surface area contributed by atoms with Gasteiger partial charge in [0.2, 0.25) is 5.91 Å². The molecule has 0 unspecified atom stereocenters. The molecule has 7 heteroatoms. The van der Waals surface area contributed by atoms with Crippen molar-refractivity contribution in [3.8, 4) is 11.5 Å². The maximum absolute atomic E-state index is 12.2. The van der Waals surface area contributed by atoms with Crippen molar-refractivity contribution < 1.29 is 23.9 Å². The van der Waals surface area contributed by atoms with Crippen LogP contribution in [0.2, 0.25) is 0 Å². The molecule has 0 heterocycles. The fourth-order valence-corrected chi connectivity index (χ4v) is 2.66. The van der Waals surface area contributed by atoms with Gasteiger partial charge in [0.05, 0.1) is 14.2 Å². The van der Waals surface area contributed by atoms with E-state index < -0.39 is 0 Å². The van der Waals surface area contributed by atoms with Gasteiger partial charge in [0.1, 0.15) is 0 Å². The molecule has 0 aliphatic carbocycles. The number of methoxy groups -OCH3 is 2. The quantitative estimate of drug-likeness (QED) is 0.474. The number of Topliss-reactive ketones (excluding diaryl/α,β-unsaturated/α-hetero) is 1. The first-order chi connectivity index (χ1) is 13.9. The number of carbonyl (C=O) groups excluding carboxylic acids is 3. The Balaban J connectivity index is 1.70. The van der Waals surface area contributed by atoms with Crippen LogP contribution in [-0.2, 0) is 4.79 Å². The highest BCUT2D eigenvalue weighted by Gasteiger charge is 2.11. The van der Waals surface area contributed by atoms with Crippen LogP contribution in [0.3, 0.4) is 0 Å². The number of amides is 2. The molecular weight excluding hydrogens is 372 g/mol. The Labute approximate surface area is 170 Å². The first kappa shape index (κ1) is 21.9. The maximum atomic E-state index is 12.2. The van der Waals surface area contributed by atoms with E-state index >= 15 is 0 Å². The molecule has 2 amide bonds. The van der Waals surface area contributed by atoms with Crippen molar-refractivity contribution >= 4 is 17.6 Å². The van der Waals surface area contributed by atoms with Crippen molar-refractivity contribution in [2.45, 2.75) is 19.8 Å². The second-order valence-electron chi connectivity index (χ2n) is 6.46. The zero-order chi connectivity index (χ0) is 21.2. The van der Waals surface area contributed by atoms with Crippen molar-refractivity contribution in [2.24, 2.45) is 0 Å². The molecule has 0 fully saturated rings. The molecule has 0 aromatic heterocycles. The first-order valence-corrected chi connectivity index (χ1v) is 9.31. The number of hydrogen-bond donors (Lipinski definition) is 2. The Morgan fingerprint density at radius 3 is 2.07 bits per heavy atom. The highest BCUT2D eigenvalue weighted by molar-refractivity contribution is 5.98. The summed E-state index contributed by atoms with van der Waals surface area (Å²) in [7, 11) is 3.02. The number of nitrogens with one attached hydrogen (secondary N) is 2. The molecule has 0 saturated carbocycles. The van der Waals surface area contributed by atoms with Crippen molar-refractivity contribution in [3.05, 3.63) is 59.2 Å². The van der Waals surface area contributed by atoms with Crippen molar-refractivity contribution in [1.29, 1.82) is 0 Å². The van der Waals surface area contributed by atoms with Crippen LogP contribution < -0.4 is 20.1 Å². The maximum Gasteiger partial charge on any atom is 0.251 e. The summed E-state index contributed by atoms with van der Waals surface area (Å²) < 4.78 is 10.3. The molecule has 0 radical (unpaired) electrons. The molecule has 154 valence electrons. The second kappa shape index (κ2) is 10.8. The number of ether oxygens (including phenoxy) is 2. The van der Waals surface area contributed by atoms with E-state index in [9.17, 15) is 14.4 Å². The Bertz CT molecular complexity index is 862. The summed E-state index contributed by atoms with van der Waals surface area (Å²) in [5.74, 6) is 0.422. The fourth-order valence-electron chi connectivity index (χ4n) is 2.66. The van der Waals surface area contributed by atoms with E-state index in [0.717, 1.165) is 5.56 Å². The lowest BCUT2D eigenvalue weighted by molar-refractivity contribution is -0.121. The van der Waals surface area contributed by atoms with Gasteiger partial charge in [-0.2, -0.15) is 0 Å². The van der Waals surface area contributed by atoms with Gasteiger partial charge in [0.15, 0.2) is 17.3 Å². The molecule has 2 N–H and O–H groups in total. The summed E-state index contributed by atoms with van der Waals surface area (Å²) in [6, 6.07) is 12.1. The van der Waals surface area contributed by atoms with Crippen LogP contribution in [0.4, 0.5) is 0 Å². The van der Waals surface area contributed by atoms with Crippen LogP contribution in [-0.4, -0.2) is 44.9 Å². The van der Waals surface area contributed by atoms with E-state index in [0.29, 0.717) is 22.6 Å². The number of hydrogen-bond acceptors (Lipinski definition) is 5. The Morgan fingerprint density at radius 2 is 1.41 bits per heavy atom. The smallest absolute Gasteiger partial charge is 0.251 e. The minimum Gasteiger partial charge on any atom is -0.493 e. The van der Waals surface area contributed by atoms with Crippen LogP contribution in [0.15, 0.2) is 42.5 Å². The van der Waals surface area contributed by atoms with Gasteiger partial charge in [-0.15, -0.1) is 0 Å². The molecule has 0 aliphatic rings. The van der Waals surface area contributed by atoms with Crippen LogP contribution in [0, 0.1) is 6.92 Å². The Morgan fingerprint density at radius 1 is 0.793 bits per heavy atom. The number of aryl methyl sites for hydroxylation is 1. The molecule has 29 heavy (non-hydrogen) atoms. The minimum absolute atomic E-state index is 0.0677. The lowest BCUT2D eigenvalue weighted by atomic mass is 10.1. The summed E-state index contributed by atoms with van der Waals surface area (Å²) >= 11 is 0. The van der Waals surface area contributed by atoms with Crippen molar-refractivity contribution in [2.75, 3.05) is 27.3 Å². The molecule has 0 spiro atoms. The number of ketones is 1. The summed E-state index contributed by atoms with van der Waals surface area (Å²) in [6.07, 6.45) is 0.253. The van der Waals surface area contributed by atoms with Gasteiger partial charge in [-0.25, -0.2) is 0 Å². The minimum atomic E-state index is -0.283. The van der Waals surface area contributed by atoms with Gasteiger partial charge in [0, 0.05) is 37.1 Å². The standard InChI is InChI=1S/C22H26N2O5/c1-15-4-6-16(7-5-15)18(25)9-11-21(26)23-12-13-24-22(27)17-8-10-19(28-2)20(14-17)29-3/h4-8,10,14H,9,11-13H2,1-3H3,(H,23,26)(H,24,27). The summed E-state index contributed by atoms with van der Waals surface area (Å²) in [6.45, 7) is 2.49. The average Bonchev–Trinajstić information content (AvgIpc) is 2.74. The van der Waals surface area contributed by atoms with E-state index in [1.54, 1.807) is 30.3 Å². The molecule has 7 nitrogen and oxygen atoms in total. The van der Waals surface area contributed by atoms with E-state index in [1.165, 1.54) is 14.2 Å². The lowest BCUT2D eigenvalue weighted by Crippen LogP contribution is -2.34. The van der Waals surface area contributed by atoms with Gasteiger partial charge >= 0.3 is 0 Å². The second-order valence-corrected chi connectivity index (χ2v) is 6.46. The molecule has 2 aromatic rings. The fraction of sp³-hybridized carbons (Fsp3) is 0.318. The first-order valence-electron chi connectivity index (χ1n) is 9.31. The topological polar surface area (TPSA) is 93.7 Å². The SMILES string of the molecule is COc1ccc(C(=O)NCCNC(=O)CCC(=O)c2ccc(C)cc2)cc1OC. The van der Waals surface area contributed by atoms with E-state index in [-0.39, 0.29) is 43.5 Å². The molecule has 0 aliphatic heterocycles.